The molecule has 3 N–H and O–H groups in total. The summed E-state index contributed by atoms with van der Waals surface area (Å²) >= 11 is 0. The van der Waals surface area contributed by atoms with Crippen molar-refractivity contribution < 1.29 is 9.90 Å². The van der Waals surface area contributed by atoms with E-state index in [1.165, 1.54) is 0 Å². The van der Waals surface area contributed by atoms with Crippen molar-refractivity contribution in [3.8, 4) is 0 Å². The van der Waals surface area contributed by atoms with Gasteiger partial charge in [-0.2, -0.15) is 0 Å². The lowest BCUT2D eigenvalue weighted by Crippen LogP contribution is -2.40. The molecule has 0 aliphatic heterocycles. The minimum absolute atomic E-state index is 0.498. The van der Waals surface area contributed by atoms with Crippen molar-refractivity contribution in [2.75, 3.05) is 0 Å². The Balaban J connectivity index is 4.27. The molecule has 0 aliphatic carbocycles. The molecule has 6 nitrogen and oxygen atoms in total. The Bertz CT molecular complexity index is 200. The van der Waals surface area contributed by atoms with Crippen LogP contribution in [-0.4, -0.2) is 23.2 Å². The molecule has 0 amide bonds. The molecule has 0 aromatic rings. The van der Waals surface area contributed by atoms with Gasteiger partial charge in [0.25, 0.3) is 0 Å². The van der Waals surface area contributed by atoms with E-state index in [-0.39, 0.29) is 0 Å². The molecular formula is C6H12N4O2. The molecule has 68 valence electrons. The molecule has 0 heterocycles. The van der Waals surface area contributed by atoms with Gasteiger partial charge in [-0.1, -0.05) is 18.5 Å². The zero-order valence-corrected chi connectivity index (χ0v) is 6.84. The largest absolute Gasteiger partial charge is 0.480 e. The van der Waals surface area contributed by atoms with Crippen LogP contribution in [0.4, 0.5) is 0 Å². The van der Waals surface area contributed by atoms with E-state index in [1.807, 2.05) is 6.92 Å². The topological polar surface area (TPSA) is 112 Å². The van der Waals surface area contributed by atoms with Crippen molar-refractivity contribution in [2.45, 2.75) is 31.8 Å². The molecule has 0 spiro atoms. The summed E-state index contributed by atoms with van der Waals surface area (Å²) in [6, 6.07) is -1.74. The maximum Gasteiger partial charge on any atom is 0.320 e. The minimum Gasteiger partial charge on any atom is -0.480 e. The number of carboxylic acids is 1. The van der Waals surface area contributed by atoms with Gasteiger partial charge in [0.15, 0.2) is 0 Å². The second-order valence-corrected chi connectivity index (χ2v) is 2.42. The van der Waals surface area contributed by atoms with Crippen molar-refractivity contribution in [3.05, 3.63) is 10.4 Å². The molecule has 0 fully saturated rings. The van der Waals surface area contributed by atoms with E-state index in [1.54, 1.807) is 0 Å². The Kier molecular flexibility index (Phi) is 4.83. The van der Waals surface area contributed by atoms with Crippen LogP contribution in [0, 0.1) is 0 Å². The predicted octanol–water partition coefficient (Wildman–Crippen LogP) is 0.877. The Morgan fingerprint density at radius 2 is 2.42 bits per heavy atom. The summed E-state index contributed by atoms with van der Waals surface area (Å²) in [6.07, 6.45) is 1.24. The van der Waals surface area contributed by atoms with Gasteiger partial charge >= 0.3 is 5.97 Å². The fraction of sp³-hybridized carbons (Fsp3) is 0.833. The van der Waals surface area contributed by atoms with Gasteiger partial charge in [-0.25, -0.2) is 0 Å². The number of aliphatic carboxylic acids is 1. The number of nitrogens with zero attached hydrogens (tertiary/aromatic N) is 3. The highest BCUT2D eigenvalue weighted by molar-refractivity contribution is 5.74. The van der Waals surface area contributed by atoms with Gasteiger partial charge in [0.1, 0.15) is 6.04 Å². The Morgan fingerprint density at radius 3 is 2.75 bits per heavy atom. The minimum atomic E-state index is -1.14. The molecular weight excluding hydrogens is 160 g/mol. The molecule has 0 bridgehead atoms. The fourth-order valence-electron chi connectivity index (χ4n) is 0.836. The maximum absolute atomic E-state index is 10.4. The summed E-state index contributed by atoms with van der Waals surface area (Å²) in [7, 11) is 0. The van der Waals surface area contributed by atoms with Crippen molar-refractivity contribution in [2.24, 2.45) is 10.8 Å². The summed E-state index contributed by atoms with van der Waals surface area (Å²) in [4.78, 5) is 12.9. The van der Waals surface area contributed by atoms with Crippen molar-refractivity contribution in [1.29, 1.82) is 0 Å². The number of hydrogen-bond donors (Lipinski definition) is 2. The summed E-state index contributed by atoms with van der Waals surface area (Å²) in [5, 5.41) is 11.8. The van der Waals surface area contributed by atoms with Crippen LogP contribution in [0.2, 0.25) is 0 Å². The number of hydrogen-bond acceptors (Lipinski definition) is 3. The van der Waals surface area contributed by atoms with Crippen LogP contribution in [0.3, 0.4) is 0 Å². The fourth-order valence-corrected chi connectivity index (χ4v) is 0.836. The smallest absolute Gasteiger partial charge is 0.320 e. The third-order valence-corrected chi connectivity index (χ3v) is 1.48. The predicted molar refractivity (Wildman–Crippen MR) is 43.5 cm³/mol. The van der Waals surface area contributed by atoms with E-state index >= 15 is 0 Å². The maximum atomic E-state index is 10.4. The first-order valence-electron chi connectivity index (χ1n) is 3.66. The first-order chi connectivity index (χ1) is 5.63. The van der Waals surface area contributed by atoms with Crippen molar-refractivity contribution in [1.82, 2.24) is 0 Å². The van der Waals surface area contributed by atoms with Crippen LogP contribution >= 0.6 is 0 Å². The highest BCUT2D eigenvalue weighted by Gasteiger charge is 2.21. The highest BCUT2D eigenvalue weighted by Crippen LogP contribution is 2.05. The lowest BCUT2D eigenvalue weighted by molar-refractivity contribution is -0.139. The van der Waals surface area contributed by atoms with Crippen molar-refractivity contribution >= 4 is 5.97 Å². The normalized spacial score (nSPS) is 14.5. The number of carbonyl (C=O) groups is 1. The van der Waals surface area contributed by atoms with Crippen molar-refractivity contribution in [3.63, 3.8) is 0 Å². The van der Waals surface area contributed by atoms with Gasteiger partial charge in [0, 0.05) is 4.91 Å². The average molecular weight is 172 g/mol. The Labute approximate surface area is 70.0 Å². The van der Waals surface area contributed by atoms with Crippen LogP contribution in [0.25, 0.3) is 10.4 Å². The summed E-state index contributed by atoms with van der Waals surface area (Å²) in [5.74, 6) is -1.14. The number of nitrogens with two attached hydrogens (primary N) is 1. The number of carboxylic acid groups (broad SMARTS) is 1. The summed E-state index contributed by atoms with van der Waals surface area (Å²) < 4.78 is 0. The molecule has 2 unspecified atom stereocenters. The Morgan fingerprint density at radius 1 is 1.83 bits per heavy atom. The van der Waals surface area contributed by atoms with Crippen LogP contribution < -0.4 is 5.73 Å². The summed E-state index contributed by atoms with van der Waals surface area (Å²) in [6.45, 7) is 1.87. The monoisotopic (exact) mass is 172 g/mol. The van der Waals surface area contributed by atoms with Gasteiger partial charge in [-0.05, 0) is 12.0 Å². The molecule has 12 heavy (non-hydrogen) atoms. The molecule has 0 aromatic heterocycles. The third-order valence-electron chi connectivity index (χ3n) is 1.48. The lowest BCUT2D eigenvalue weighted by Gasteiger charge is -2.13. The third kappa shape index (κ3) is 3.23. The van der Waals surface area contributed by atoms with E-state index in [0.717, 1.165) is 6.42 Å². The number of azide groups is 1. The molecule has 2 atom stereocenters. The standard InChI is InChI=1S/C6H12N4O2/c1-2-3-4(9-10-8)5(7)6(11)12/h4-5H,2-3,7H2,1H3,(H,11,12). The van der Waals surface area contributed by atoms with E-state index in [0.29, 0.717) is 6.42 Å². The first kappa shape index (κ1) is 10.7. The van der Waals surface area contributed by atoms with E-state index in [2.05, 4.69) is 10.0 Å². The molecule has 0 saturated carbocycles. The van der Waals surface area contributed by atoms with Gasteiger partial charge in [0.05, 0.1) is 6.04 Å². The van der Waals surface area contributed by atoms with Crippen LogP contribution in [0.1, 0.15) is 19.8 Å². The highest BCUT2D eigenvalue weighted by atomic mass is 16.4. The molecule has 0 rings (SSSR count). The van der Waals surface area contributed by atoms with Crippen LogP contribution in [0.5, 0.6) is 0 Å². The quantitative estimate of drug-likeness (QED) is 0.364. The van der Waals surface area contributed by atoms with Crippen LogP contribution in [-0.2, 0) is 4.79 Å². The zero-order valence-electron chi connectivity index (χ0n) is 6.84. The van der Waals surface area contributed by atoms with Gasteiger partial charge in [-0.15, -0.1) is 0 Å². The number of rotatable bonds is 5. The van der Waals surface area contributed by atoms with Crippen LogP contribution in [0.15, 0.2) is 5.11 Å². The van der Waals surface area contributed by atoms with E-state index < -0.39 is 18.1 Å². The average Bonchev–Trinajstić information content (AvgIpc) is 2.03. The van der Waals surface area contributed by atoms with Gasteiger partial charge in [0.2, 0.25) is 0 Å². The van der Waals surface area contributed by atoms with E-state index in [4.69, 9.17) is 16.4 Å². The SMILES string of the molecule is CCCC(N=[N+]=[N-])C(N)C(=O)O. The molecule has 6 heteroatoms. The van der Waals surface area contributed by atoms with E-state index in [9.17, 15) is 4.79 Å². The second-order valence-electron chi connectivity index (χ2n) is 2.42. The summed E-state index contributed by atoms with van der Waals surface area (Å²) in [5.41, 5.74) is 13.4. The van der Waals surface area contributed by atoms with Gasteiger partial charge < -0.3 is 10.8 Å². The molecule has 0 aliphatic rings. The first-order valence-corrected chi connectivity index (χ1v) is 3.66. The Hall–Kier alpha value is -1.26. The lowest BCUT2D eigenvalue weighted by atomic mass is 10.1. The zero-order chi connectivity index (χ0) is 9.56. The second kappa shape index (κ2) is 5.40. The van der Waals surface area contributed by atoms with Gasteiger partial charge in [-0.3, -0.25) is 4.79 Å². The molecule has 0 radical (unpaired) electrons. The molecule has 0 saturated heterocycles. The molecule has 0 aromatic carbocycles.